The highest BCUT2D eigenvalue weighted by Crippen LogP contribution is 2.19. The molecule has 2 rings (SSSR count). The van der Waals surface area contributed by atoms with Crippen molar-refractivity contribution in [1.82, 2.24) is 9.88 Å². The van der Waals surface area contributed by atoms with Gasteiger partial charge in [-0.15, -0.1) is 11.3 Å². The molecule has 1 aromatic heterocycles. The standard InChI is InChI=1S/C15H17N3S/c1-12-15(19-11-17-12)10-18(2)9-14(8-16)13-6-4-3-5-7-13/h3-7,11,14H,9-10H2,1-2H3. The first kappa shape index (κ1) is 13.7. The number of hydrogen-bond acceptors (Lipinski definition) is 4. The van der Waals surface area contributed by atoms with Crippen molar-refractivity contribution in [3.05, 3.63) is 52.0 Å². The lowest BCUT2D eigenvalue weighted by molar-refractivity contribution is 0.322. The molecule has 0 bridgehead atoms. The average molecular weight is 271 g/mol. The largest absolute Gasteiger partial charge is 0.300 e. The van der Waals surface area contributed by atoms with Gasteiger partial charge in [0.05, 0.1) is 23.2 Å². The van der Waals surface area contributed by atoms with Gasteiger partial charge in [-0.3, -0.25) is 4.90 Å². The molecule has 0 spiro atoms. The van der Waals surface area contributed by atoms with Gasteiger partial charge in [0.15, 0.2) is 0 Å². The number of hydrogen-bond donors (Lipinski definition) is 0. The van der Waals surface area contributed by atoms with Crippen LogP contribution < -0.4 is 0 Å². The molecule has 0 radical (unpaired) electrons. The smallest absolute Gasteiger partial charge is 0.0839 e. The number of benzene rings is 1. The van der Waals surface area contributed by atoms with E-state index in [2.05, 4.69) is 16.0 Å². The lowest BCUT2D eigenvalue weighted by atomic mass is 10.0. The van der Waals surface area contributed by atoms with Gasteiger partial charge in [0.2, 0.25) is 0 Å². The van der Waals surface area contributed by atoms with Crippen molar-refractivity contribution in [3.63, 3.8) is 0 Å². The summed E-state index contributed by atoms with van der Waals surface area (Å²) in [4.78, 5) is 7.71. The predicted octanol–water partition coefficient (Wildman–Crippen LogP) is 3.19. The van der Waals surface area contributed by atoms with Gasteiger partial charge in [0, 0.05) is 18.0 Å². The first-order valence-corrected chi connectivity index (χ1v) is 7.10. The second-order valence-electron chi connectivity index (χ2n) is 4.65. The summed E-state index contributed by atoms with van der Waals surface area (Å²) < 4.78 is 0. The average Bonchev–Trinajstić information content (AvgIpc) is 2.82. The lowest BCUT2D eigenvalue weighted by Crippen LogP contribution is -2.23. The normalized spacial score (nSPS) is 12.3. The number of thiazole rings is 1. The molecule has 0 N–H and O–H groups in total. The number of nitriles is 1. The van der Waals surface area contributed by atoms with Crippen LogP contribution in [0, 0.1) is 18.3 Å². The van der Waals surface area contributed by atoms with E-state index in [1.165, 1.54) is 4.88 Å². The van der Waals surface area contributed by atoms with Gasteiger partial charge in [-0.1, -0.05) is 30.3 Å². The van der Waals surface area contributed by atoms with Crippen molar-refractivity contribution in [2.45, 2.75) is 19.4 Å². The Morgan fingerprint density at radius 2 is 2.11 bits per heavy atom. The van der Waals surface area contributed by atoms with Crippen LogP contribution in [0.25, 0.3) is 0 Å². The summed E-state index contributed by atoms with van der Waals surface area (Å²) in [5, 5.41) is 9.32. The van der Waals surface area contributed by atoms with Crippen molar-refractivity contribution in [2.75, 3.05) is 13.6 Å². The zero-order valence-corrected chi connectivity index (χ0v) is 12.0. The van der Waals surface area contributed by atoms with Gasteiger partial charge in [0.1, 0.15) is 0 Å². The summed E-state index contributed by atoms with van der Waals surface area (Å²) in [6.07, 6.45) is 0. The number of likely N-dealkylation sites (N-methyl/N-ethyl adjacent to an activating group) is 1. The van der Waals surface area contributed by atoms with E-state index in [0.717, 1.165) is 24.3 Å². The number of nitrogens with zero attached hydrogens (tertiary/aromatic N) is 3. The van der Waals surface area contributed by atoms with Crippen molar-refractivity contribution in [1.29, 1.82) is 5.26 Å². The van der Waals surface area contributed by atoms with E-state index in [4.69, 9.17) is 0 Å². The third-order valence-electron chi connectivity index (χ3n) is 3.11. The van der Waals surface area contributed by atoms with E-state index in [-0.39, 0.29) is 5.92 Å². The third-order valence-corrected chi connectivity index (χ3v) is 4.03. The van der Waals surface area contributed by atoms with E-state index in [1.54, 1.807) is 11.3 Å². The second kappa shape index (κ2) is 6.46. The van der Waals surface area contributed by atoms with Crippen LogP contribution in [0.1, 0.15) is 22.1 Å². The van der Waals surface area contributed by atoms with Crippen LogP contribution >= 0.6 is 11.3 Å². The third kappa shape index (κ3) is 3.63. The van der Waals surface area contributed by atoms with Crippen LogP contribution in [-0.4, -0.2) is 23.5 Å². The van der Waals surface area contributed by atoms with E-state index in [1.807, 2.05) is 49.8 Å². The molecule has 0 amide bonds. The first-order chi connectivity index (χ1) is 9.20. The number of aryl methyl sites for hydroxylation is 1. The monoisotopic (exact) mass is 271 g/mol. The molecule has 0 aliphatic carbocycles. The van der Waals surface area contributed by atoms with Crippen LogP contribution in [0.4, 0.5) is 0 Å². The molecule has 0 saturated heterocycles. The summed E-state index contributed by atoms with van der Waals surface area (Å²) in [6.45, 7) is 3.61. The Hall–Kier alpha value is -1.70. The minimum Gasteiger partial charge on any atom is -0.300 e. The molecule has 0 saturated carbocycles. The maximum Gasteiger partial charge on any atom is 0.0839 e. The lowest BCUT2D eigenvalue weighted by Gasteiger charge is -2.19. The fourth-order valence-corrected chi connectivity index (χ4v) is 2.86. The number of rotatable bonds is 5. The predicted molar refractivity (Wildman–Crippen MR) is 78.0 cm³/mol. The molecule has 98 valence electrons. The van der Waals surface area contributed by atoms with E-state index >= 15 is 0 Å². The summed E-state index contributed by atoms with van der Waals surface area (Å²) in [5.74, 6) is -0.0839. The Morgan fingerprint density at radius 1 is 1.37 bits per heavy atom. The molecule has 2 aromatic rings. The highest BCUT2D eigenvalue weighted by atomic mass is 32.1. The van der Waals surface area contributed by atoms with Crippen LogP contribution in [-0.2, 0) is 6.54 Å². The Labute approximate surface area is 118 Å². The zero-order chi connectivity index (χ0) is 13.7. The minimum atomic E-state index is -0.0839. The van der Waals surface area contributed by atoms with E-state index in [9.17, 15) is 5.26 Å². The molecule has 0 fully saturated rings. The van der Waals surface area contributed by atoms with Gasteiger partial charge in [-0.25, -0.2) is 4.98 Å². The Morgan fingerprint density at radius 3 is 2.68 bits per heavy atom. The van der Waals surface area contributed by atoms with Crippen molar-refractivity contribution < 1.29 is 0 Å². The SMILES string of the molecule is Cc1ncsc1CN(C)CC(C#N)c1ccccc1. The summed E-state index contributed by atoms with van der Waals surface area (Å²) in [6, 6.07) is 12.3. The molecule has 1 unspecified atom stereocenters. The van der Waals surface area contributed by atoms with Gasteiger partial charge in [-0.05, 0) is 19.5 Å². The number of aromatic nitrogens is 1. The maximum atomic E-state index is 9.32. The van der Waals surface area contributed by atoms with E-state index in [0.29, 0.717) is 0 Å². The van der Waals surface area contributed by atoms with Gasteiger partial charge in [0.25, 0.3) is 0 Å². The molecule has 1 aromatic carbocycles. The molecule has 19 heavy (non-hydrogen) atoms. The zero-order valence-electron chi connectivity index (χ0n) is 11.2. The molecule has 0 aliphatic rings. The molecule has 1 heterocycles. The fraction of sp³-hybridized carbons (Fsp3) is 0.333. The first-order valence-electron chi connectivity index (χ1n) is 6.22. The fourth-order valence-electron chi connectivity index (χ4n) is 2.01. The Bertz CT molecular complexity index is 556. The quantitative estimate of drug-likeness (QED) is 0.838. The Balaban J connectivity index is 2.00. The summed E-state index contributed by atoms with van der Waals surface area (Å²) in [7, 11) is 2.05. The van der Waals surface area contributed by atoms with Crippen LogP contribution in [0.3, 0.4) is 0 Å². The Kier molecular flexibility index (Phi) is 4.67. The maximum absolute atomic E-state index is 9.32. The molecule has 1 atom stereocenters. The molecular weight excluding hydrogens is 254 g/mol. The highest BCUT2D eigenvalue weighted by molar-refractivity contribution is 7.09. The van der Waals surface area contributed by atoms with Gasteiger partial charge < -0.3 is 0 Å². The van der Waals surface area contributed by atoms with Crippen LogP contribution in [0.2, 0.25) is 0 Å². The van der Waals surface area contributed by atoms with Crippen molar-refractivity contribution in [2.24, 2.45) is 0 Å². The molecule has 3 nitrogen and oxygen atoms in total. The van der Waals surface area contributed by atoms with Gasteiger partial charge >= 0.3 is 0 Å². The van der Waals surface area contributed by atoms with Crippen LogP contribution in [0.5, 0.6) is 0 Å². The van der Waals surface area contributed by atoms with E-state index < -0.39 is 0 Å². The summed E-state index contributed by atoms with van der Waals surface area (Å²) in [5.41, 5.74) is 4.04. The van der Waals surface area contributed by atoms with Crippen molar-refractivity contribution >= 4 is 11.3 Å². The molecule has 4 heteroatoms. The molecule has 0 aliphatic heterocycles. The van der Waals surface area contributed by atoms with Crippen molar-refractivity contribution in [3.8, 4) is 6.07 Å². The highest BCUT2D eigenvalue weighted by Gasteiger charge is 2.14. The van der Waals surface area contributed by atoms with Crippen LogP contribution in [0.15, 0.2) is 35.8 Å². The van der Waals surface area contributed by atoms with Gasteiger partial charge in [-0.2, -0.15) is 5.26 Å². The molecular formula is C15H17N3S. The second-order valence-corrected chi connectivity index (χ2v) is 5.59. The minimum absolute atomic E-state index is 0.0839. The summed E-state index contributed by atoms with van der Waals surface area (Å²) >= 11 is 1.67. The topological polar surface area (TPSA) is 39.9 Å².